The zero-order valence-electron chi connectivity index (χ0n) is 15.5. The first kappa shape index (κ1) is 18.2. The molecule has 1 atom stereocenters. The number of hydrogen-bond acceptors (Lipinski definition) is 5. The Balaban J connectivity index is 2.22. The minimum Gasteiger partial charge on any atom is -0.497 e. The first-order valence-electron chi connectivity index (χ1n) is 8.55. The highest BCUT2D eigenvalue weighted by atomic mass is 32.1. The quantitative estimate of drug-likeness (QED) is 0.625. The van der Waals surface area contributed by atoms with Crippen LogP contribution in [0.15, 0.2) is 53.1 Å². The van der Waals surface area contributed by atoms with E-state index in [1.807, 2.05) is 30.3 Å². The van der Waals surface area contributed by atoms with E-state index >= 15 is 0 Å². The largest absolute Gasteiger partial charge is 0.497 e. The second-order valence-corrected chi connectivity index (χ2v) is 6.76. The molecule has 5 nitrogen and oxygen atoms in total. The lowest BCUT2D eigenvalue weighted by atomic mass is 10.1. The predicted octanol–water partition coefficient (Wildman–Crippen LogP) is 4.83. The van der Waals surface area contributed by atoms with Crippen molar-refractivity contribution in [2.75, 3.05) is 14.2 Å². The summed E-state index contributed by atoms with van der Waals surface area (Å²) in [7, 11) is 3.36. The van der Waals surface area contributed by atoms with Gasteiger partial charge in [0.2, 0.25) is 0 Å². The fraction of sp³-hybridized carbons (Fsp3) is 0.300. The summed E-state index contributed by atoms with van der Waals surface area (Å²) in [6.07, 6.45) is 4.52. The van der Waals surface area contributed by atoms with Crippen molar-refractivity contribution in [3.05, 3.63) is 52.9 Å². The molecule has 0 amide bonds. The van der Waals surface area contributed by atoms with Crippen LogP contribution in [0.1, 0.15) is 26.3 Å². The summed E-state index contributed by atoms with van der Waals surface area (Å²) >= 11 is 1.61. The van der Waals surface area contributed by atoms with Crippen LogP contribution in [0.25, 0.3) is 11.3 Å². The Hall–Kier alpha value is -2.60. The molecule has 0 aliphatic heterocycles. The summed E-state index contributed by atoms with van der Waals surface area (Å²) in [4.78, 5) is 9.89. The van der Waals surface area contributed by atoms with Gasteiger partial charge in [-0.15, -0.1) is 11.3 Å². The second-order valence-electron chi connectivity index (χ2n) is 5.92. The normalized spacial score (nSPS) is 12.8. The smallest absolute Gasteiger partial charge is 0.190 e. The molecule has 2 heterocycles. The van der Waals surface area contributed by atoms with Crippen molar-refractivity contribution in [1.82, 2.24) is 9.55 Å². The van der Waals surface area contributed by atoms with E-state index in [0.29, 0.717) is 6.04 Å². The van der Waals surface area contributed by atoms with Crippen LogP contribution in [-0.2, 0) is 0 Å². The van der Waals surface area contributed by atoms with E-state index in [4.69, 9.17) is 14.5 Å². The van der Waals surface area contributed by atoms with Gasteiger partial charge in [-0.25, -0.2) is 4.99 Å². The fourth-order valence-corrected chi connectivity index (χ4v) is 3.76. The molecule has 1 aromatic carbocycles. The van der Waals surface area contributed by atoms with Gasteiger partial charge in [-0.1, -0.05) is 6.92 Å². The van der Waals surface area contributed by atoms with Crippen molar-refractivity contribution >= 4 is 17.0 Å². The van der Waals surface area contributed by atoms with E-state index in [2.05, 4.69) is 28.8 Å². The molecule has 0 aliphatic rings. The first-order valence-corrected chi connectivity index (χ1v) is 9.43. The second kappa shape index (κ2) is 8.19. The van der Waals surface area contributed by atoms with E-state index in [1.165, 1.54) is 0 Å². The van der Waals surface area contributed by atoms with Gasteiger partial charge in [0.25, 0.3) is 0 Å². The molecule has 3 aromatic rings. The Morgan fingerprint density at radius 2 is 2.08 bits per heavy atom. The number of benzene rings is 1. The topological polar surface area (TPSA) is 48.6 Å². The molecule has 0 saturated heterocycles. The number of ether oxygens (including phenoxy) is 2. The SMILES string of the molecule is CCC(C)n1c(-c2cc(OC)ccc2OC)csc1=Nc1cccnc1. The average Bonchev–Trinajstić information content (AvgIpc) is 3.10. The van der Waals surface area contributed by atoms with Crippen LogP contribution < -0.4 is 14.3 Å². The molecule has 1 unspecified atom stereocenters. The van der Waals surface area contributed by atoms with Crippen LogP contribution in [0.2, 0.25) is 0 Å². The summed E-state index contributed by atoms with van der Waals surface area (Å²) in [5, 5.41) is 2.12. The molecular weight excluding hydrogens is 346 g/mol. The zero-order valence-corrected chi connectivity index (χ0v) is 16.3. The van der Waals surface area contributed by atoms with Crippen molar-refractivity contribution in [3.8, 4) is 22.8 Å². The van der Waals surface area contributed by atoms with Gasteiger partial charge in [-0.2, -0.15) is 0 Å². The molecule has 0 bridgehead atoms. The molecule has 2 aromatic heterocycles. The molecule has 0 N–H and O–H groups in total. The highest BCUT2D eigenvalue weighted by Gasteiger charge is 2.17. The molecular formula is C20H23N3O2S. The van der Waals surface area contributed by atoms with E-state index in [9.17, 15) is 0 Å². The third-order valence-corrected chi connectivity index (χ3v) is 5.17. The molecule has 0 radical (unpaired) electrons. The van der Waals surface area contributed by atoms with E-state index in [0.717, 1.165) is 39.7 Å². The van der Waals surface area contributed by atoms with Crippen molar-refractivity contribution < 1.29 is 9.47 Å². The highest BCUT2D eigenvalue weighted by Crippen LogP contribution is 2.35. The molecule has 0 fully saturated rings. The van der Waals surface area contributed by atoms with Crippen LogP contribution >= 0.6 is 11.3 Å². The molecule has 26 heavy (non-hydrogen) atoms. The number of hydrogen-bond donors (Lipinski definition) is 0. The maximum absolute atomic E-state index is 5.59. The molecule has 6 heteroatoms. The molecule has 136 valence electrons. The summed E-state index contributed by atoms with van der Waals surface area (Å²) in [5.41, 5.74) is 2.91. The van der Waals surface area contributed by atoms with Gasteiger partial charge in [0.05, 0.1) is 31.8 Å². The number of thiazole rings is 1. The van der Waals surface area contributed by atoms with Crippen LogP contribution in [0.3, 0.4) is 0 Å². The van der Waals surface area contributed by atoms with Crippen LogP contribution in [-0.4, -0.2) is 23.8 Å². The lowest BCUT2D eigenvalue weighted by Crippen LogP contribution is -2.19. The molecule has 0 aliphatic carbocycles. The highest BCUT2D eigenvalue weighted by molar-refractivity contribution is 7.07. The van der Waals surface area contributed by atoms with Gasteiger partial charge >= 0.3 is 0 Å². The monoisotopic (exact) mass is 369 g/mol. The Morgan fingerprint density at radius 3 is 2.73 bits per heavy atom. The summed E-state index contributed by atoms with van der Waals surface area (Å²) in [6.45, 7) is 4.38. The van der Waals surface area contributed by atoms with E-state index in [1.54, 1.807) is 38.0 Å². The lowest BCUT2D eigenvalue weighted by Gasteiger charge is -2.17. The van der Waals surface area contributed by atoms with Crippen molar-refractivity contribution in [1.29, 1.82) is 0 Å². The third-order valence-electron chi connectivity index (χ3n) is 4.33. The average molecular weight is 369 g/mol. The third kappa shape index (κ3) is 3.65. The van der Waals surface area contributed by atoms with Crippen LogP contribution in [0.4, 0.5) is 5.69 Å². The van der Waals surface area contributed by atoms with Gasteiger partial charge in [0, 0.05) is 23.2 Å². The van der Waals surface area contributed by atoms with Gasteiger partial charge in [-0.3, -0.25) is 4.98 Å². The number of pyridine rings is 1. The predicted molar refractivity (Wildman–Crippen MR) is 105 cm³/mol. The van der Waals surface area contributed by atoms with Gasteiger partial charge in [0.15, 0.2) is 4.80 Å². The van der Waals surface area contributed by atoms with E-state index < -0.39 is 0 Å². The number of rotatable bonds is 6. The van der Waals surface area contributed by atoms with Crippen molar-refractivity contribution in [2.45, 2.75) is 26.3 Å². The lowest BCUT2D eigenvalue weighted by molar-refractivity contribution is 0.403. The minimum atomic E-state index is 0.294. The minimum absolute atomic E-state index is 0.294. The number of nitrogens with zero attached hydrogens (tertiary/aromatic N) is 3. The summed E-state index contributed by atoms with van der Waals surface area (Å²) in [5.74, 6) is 1.61. The van der Waals surface area contributed by atoms with Crippen molar-refractivity contribution in [3.63, 3.8) is 0 Å². The molecule has 3 rings (SSSR count). The molecule has 0 saturated carbocycles. The van der Waals surface area contributed by atoms with Crippen molar-refractivity contribution in [2.24, 2.45) is 4.99 Å². The Bertz CT molecular complexity index is 932. The maximum Gasteiger partial charge on any atom is 0.190 e. The van der Waals surface area contributed by atoms with Crippen LogP contribution in [0, 0.1) is 0 Å². The molecule has 0 spiro atoms. The van der Waals surface area contributed by atoms with Gasteiger partial charge in [0.1, 0.15) is 11.5 Å². The summed E-state index contributed by atoms with van der Waals surface area (Å²) in [6, 6.07) is 10.00. The number of methoxy groups -OCH3 is 2. The standard InChI is InChI=1S/C20H23N3O2S/c1-5-14(2)23-18(17-11-16(24-3)8-9-19(17)25-4)13-26-20(23)22-15-7-6-10-21-12-15/h6-14H,5H2,1-4H3. The summed E-state index contributed by atoms with van der Waals surface area (Å²) < 4.78 is 13.3. The Kier molecular flexibility index (Phi) is 5.73. The zero-order chi connectivity index (χ0) is 18.5. The first-order chi connectivity index (χ1) is 12.7. The number of aromatic nitrogens is 2. The maximum atomic E-state index is 5.59. The Labute approximate surface area is 157 Å². The fourth-order valence-electron chi connectivity index (χ4n) is 2.75. The van der Waals surface area contributed by atoms with Gasteiger partial charge in [-0.05, 0) is 43.7 Å². The van der Waals surface area contributed by atoms with E-state index in [-0.39, 0.29) is 0 Å². The van der Waals surface area contributed by atoms with Crippen LogP contribution in [0.5, 0.6) is 11.5 Å². The van der Waals surface area contributed by atoms with Gasteiger partial charge < -0.3 is 14.0 Å². The Morgan fingerprint density at radius 1 is 1.23 bits per heavy atom.